The van der Waals surface area contributed by atoms with Crippen LogP contribution in [0.4, 0.5) is 4.39 Å². The topological polar surface area (TPSA) is 35.2 Å². The van der Waals surface area contributed by atoms with Crippen LogP contribution in [0.25, 0.3) is 0 Å². The summed E-state index contributed by atoms with van der Waals surface area (Å²) >= 11 is 3.44. The molecule has 0 amide bonds. The molecule has 0 aliphatic rings. The van der Waals surface area contributed by atoms with Gasteiger partial charge in [0.05, 0.1) is 7.11 Å². The van der Waals surface area contributed by atoms with Gasteiger partial charge in [0, 0.05) is 10.5 Å². The number of hydrogen-bond donors (Lipinski definition) is 1. The van der Waals surface area contributed by atoms with Crippen LogP contribution in [0, 0.1) is 12.7 Å². The Labute approximate surface area is 126 Å². The Morgan fingerprint density at radius 1 is 1.25 bits per heavy atom. The fourth-order valence-corrected chi connectivity index (χ4v) is 2.67. The number of hydrogen-bond acceptors (Lipinski definition) is 2. The second kappa shape index (κ2) is 6.37. The smallest absolute Gasteiger partial charge is 0.123 e. The fourth-order valence-electron chi connectivity index (χ4n) is 2.26. The fraction of sp³-hybridized carbons (Fsp3) is 0.250. The van der Waals surface area contributed by atoms with E-state index in [4.69, 9.17) is 10.5 Å². The predicted molar refractivity (Wildman–Crippen MR) is 82.5 cm³/mol. The number of methoxy groups -OCH3 is 1. The van der Waals surface area contributed by atoms with Gasteiger partial charge in [0.2, 0.25) is 0 Å². The number of benzene rings is 2. The highest BCUT2D eigenvalue weighted by molar-refractivity contribution is 9.10. The van der Waals surface area contributed by atoms with E-state index in [2.05, 4.69) is 15.9 Å². The van der Waals surface area contributed by atoms with E-state index in [1.807, 2.05) is 25.1 Å². The van der Waals surface area contributed by atoms with E-state index in [9.17, 15) is 4.39 Å². The van der Waals surface area contributed by atoms with Crippen LogP contribution in [0.3, 0.4) is 0 Å². The first-order valence-electron chi connectivity index (χ1n) is 6.35. The molecule has 0 aliphatic heterocycles. The summed E-state index contributed by atoms with van der Waals surface area (Å²) in [5.74, 6) is 0.528. The molecule has 106 valence electrons. The maximum atomic E-state index is 13.4. The second-order valence-corrected chi connectivity index (χ2v) is 5.68. The van der Waals surface area contributed by atoms with Crippen LogP contribution in [0.15, 0.2) is 40.9 Å². The average molecular weight is 338 g/mol. The van der Waals surface area contributed by atoms with Crippen LogP contribution in [-0.4, -0.2) is 7.11 Å². The third kappa shape index (κ3) is 3.38. The van der Waals surface area contributed by atoms with Gasteiger partial charge in [-0.05, 0) is 60.4 Å². The molecule has 20 heavy (non-hydrogen) atoms. The number of aryl methyl sites for hydroxylation is 1. The molecule has 4 heteroatoms. The molecule has 2 N–H and O–H groups in total. The van der Waals surface area contributed by atoms with Crippen LogP contribution in [-0.2, 0) is 6.42 Å². The van der Waals surface area contributed by atoms with Gasteiger partial charge in [0.25, 0.3) is 0 Å². The lowest BCUT2D eigenvalue weighted by molar-refractivity contribution is 0.408. The van der Waals surface area contributed by atoms with Crippen LogP contribution in [0.5, 0.6) is 5.75 Å². The minimum absolute atomic E-state index is 0.262. The number of nitrogens with two attached hydrogens (primary N) is 1. The second-order valence-electron chi connectivity index (χ2n) is 4.77. The Balaban J connectivity index is 2.29. The predicted octanol–water partition coefficient (Wildman–Crippen LogP) is 4.15. The van der Waals surface area contributed by atoms with Gasteiger partial charge in [-0.15, -0.1) is 0 Å². The lowest BCUT2D eigenvalue weighted by atomic mass is 9.95. The van der Waals surface area contributed by atoms with Crippen molar-refractivity contribution in [3.63, 3.8) is 0 Å². The SMILES string of the molecule is COc1ccc(Br)cc1CC(N)c1cc(F)ccc1C. The first kappa shape index (κ1) is 15.0. The third-order valence-corrected chi connectivity index (χ3v) is 3.82. The quantitative estimate of drug-likeness (QED) is 0.909. The van der Waals surface area contributed by atoms with Crippen molar-refractivity contribution in [1.29, 1.82) is 0 Å². The third-order valence-electron chi connectivity index (χ3n) is 3.32. The van der Waals surface area contributed by atoms with Crippen molar-refractivity contribution in [2.75, 3.05) is 7.11 Å². The standard InChI is InChI=1S/C16H17BrFNO/c1-10-3-5-13(18)9-14(10)15(19)8-11-7-12(17)4-6-16(11)20-2/h3-7,9,15H,8,19H2,1-2H3. The zero-order valence-electron chi connectivity index (χ0n) is 11.5. The maximum Gasteiger partial charge on any atom is 0.123 e. The minimum atomic E-state index is -0.270. The molecule has 2 nitrogen and oxygen atoms in total. The number of rotatable bonds is 4. The summed E-state index contributed by atoms with van der Waals surface area (Å²) in [5, 5.41) is 0. The highest BCUT2D eigenvalue weighted by Crippen LogP contribution is 2.28. The molecule has 2 rings (SSSR count). The Kier molecular flexibility index (Phi) is 4.78. The van der Waals surface area contributed by atoms with E-state index in [-0.39, 0.29) is 11.9 Å². The van der Waals surface area contributed by atoms with E-state index in [0.29, 0.717) is 6.42 Å². The molecule has 1 unspecified atom stereocenters. The lowest BCUT2D eigenvalue weighted by Gasteiger charge is -2.17. The van der Waals surface area contributed by atoms with Crippen molar-refractivity contribution >= 4 is 15.9 Å². The molecule has 0 aromatic heterocycles. The van der Waals surface area contributed by atoms with Crippen LogP contribution < -0.4 is 10.5 Å². The summed E-state index contributed by atoms with van der Waals surface area (Å²) in [4.78, 5) is 0. The molecule has 0 heterocycles. The molecular formula is C16H17BrFNO. The highest BCUT2D eigenvalue weighted by atomic mass is 79.9. The zero-order valence-corrected chi connectivity index (χ0v) is 13.1. The normalized spacial score (nSPS) is 12.2. The molecule has 0 saturated heterocycles. The Hall–Kier alpha value is -1.39. The molecule has 2 aromatic carbocycles. The van der Waals surface area contributed by atoms with Gasteiger partial charge in [0.15, 0.2) is 0 Å². The molecule has 0 radical (unpaired) electrons. The van der Waals surface area contributed by atoms with Gasteiger partial charge < -0.3 is 10.5 Å². The summed E-state index contributed by atoms with van der Waals surface area (Å²) in [6.07, 6.45) is 0.590. The van der Waals surface area contributed by atoms with Crippen molar-refractivity contribution in [3.8, 4) is 5.75 Å². The van der Waals surface area contributed by atoms with Gasteiger partial charge in [0.1, 0.15) is 11.6 Å². The van der Waals surface area contributed by atoms with Crippen LogP contribution >= 0.6 is 15.9 Å². The molecule has 0 saturated carbocycles. The van der Waals surface area contributed by atoms with Gasteiger partial charge in [-0.3, -0.25) is 0 Å². The van der Waals surface area contributed by atoms with E-state index in [0.717, 1.165) is 26.9 Å². The van der Waals surface area contributed by atoms with Crippen LogP contribution in [0.2, 0.25) is 0 Å². The summed E-state index contributed by atoms with van der Waals surface area (Å²) in [6, 6.07) is 10.2. The Bertz CT molecular complexity index is 615. The van der Waals surface area contributed by atoms with Crippen LogP contribution in [0.1, 0.15) is 22.7 Å². The monoisotopic (exact) mass is 337 g/mol. The molecule has 2 aromatic rings. The number of halogens is 2. The summed E-state index contributed by atoms with van der Waals surface area (Å²) < 4.78 is 19.7. The van der Waals surface area contributed by atoms with Crippen molar-refractivity contribution < 1.29 is 9.13 Å². The van der Waals surface area contributed by atoms with Crippen molar-refractivity contribution in [3.05, 3.63) is 63.4 Å². The Morgan fingerprint density at radius 2 is 2.00 bits per heavy atom. The van der Waals surface area contributed by atoms with Crippen molar-refractivity contribution in [1.82, 2.24) is 0 Å². The summed E-state index contributed by atoms with van der Waals surface area (Å²) in [7, 11) is 1.63. The van der Waals surface area contributed by atoms with Gasteiger partial charge >= 0.3 is 0 Å². The zero-order chi connectivity index (χ0) is 14.7. The molecule has 0 bridgehead atoms. The van der Waals surface area contributed by atoms with Gasteiger partial charge in [-0.1, -0.05) is 22.0 Å². The van der Waals surface area contributed by atoms with Gasteiger partial charge in [-0.25, -0.2) is 4.39 Å². The van der Waals surface area contributed by atoms with E-state index in [1.54, 1.807) is 13.2 Å². The average Bonchev–Trinajstić information content (AvgIpc) is 2.41. The first-order chi connectivity index (χ1) is 9.51. The molecule has 0 spiro atoms. The highest BCUT2D eigenvalue weighted by Gasteiger charge is 2.14. The lowest BCUT2D eigenvalue weighted by Crippen LogP contribution is -2.15. The largest absolute Gasteiger partial charge is 0.496 e. The molecule has 0 aliphatic carbocycles. The maximum absolute atomic E-state index is 13.4. The van der Waals surface area contributed by atoms with Crippen molar-refractivity contribution in [2.45, 2.75) is 19.4 Å². The molecule has 0 fully saturated rings. The summed E-state index contributed by atoms with van der Waals surface area (Å²) in [6.45, 7) is 1.94. The van der Waals surface area contributed by atoms with E-state index in [1.165, 1.54) is 12.1 Å². The number of ether oxygens (including phenoxy) is 1. The van der Waals surface area contributed by atoms with E-state index >= 15 is 0 Å². The Morgan fingerprint density at radius 3 is 2.70 bits per heavy atom. The summed E-state index contributed by atoms with van der Waals surface area (Å²) in [5.41, 5.74) is 9.05. The van der Waals surface area contributed by atoms with Crippen molar-refractivity contribution in [2.24, 2.45) is 5.73 Å². The van der Waals surface area contributed by atoms with Gasteiger partial charge in [-0.2, -0.15) is 0 Å². The first-order valence-corrected chi connectivity index (χ1v) is 7.14. The molecular weight excluding hydrogens is 321 g/mol. The minimum Gasteiger partial charge on any atom is -0.496 e. The molecule has 1 atom stereocenters. The van der Waals surface area contributed by atoms with E-state index < -0.39 is 0 Å².